The predicted molar refractivity (Wildman–Crippen MR) is 94.9 cm³/mol. The van der Waals surface area contributed by atoms with Gasteiger partial charge in [0.05, 0.1) is 7.11 Å². The van der Waals surface area contributed by atoms with E-state index in [1.165, 1.54) is 5.56 Å². The molecular weight excluding hydrogens is 302 g/mol. The predicted octanol–water partition coefficient (Wildman–Crippen LogP) is 2.03. The van der Waals surface area contributed by atoms with Gasteiger partial charge in [0.15, 0.2) is 0 Å². The van der Waals surface area contributed by atoms with Crippen molar-refractivity contribution >= 4 is 5.91 Å². The van der Waals surface area contributed by atoms with Gasteiger partial charge < -0.3 is 15.4 Å². The van der Waals surface area contributed by atoms with E-state index < -0.39 is 0 Å². The summed E-state index contributed by atoms with van der Waals surface area (Å²) in [5, 5.41) is 0. The zero-order valence-electron chi connectivity index (χ0n) is 14.8. The number of carbonyl (C=O) groups excluding carboxylic acids is 1. The van der Waals surface area contributed by atoms with Crippen molar-refractivity contribution in [3.8, 4) is 5.75 Å². The fourth-order valence-corrected chi connectivity index (χ4v) is 3.94. The Labute approximate surface area is 144 Å². The molecule has 0 radical (unpaired) electrons. The third kappa shape index (κ3) is 3.73. The van der Waals surface area contributed by atoms with Crippen LogP contribution in [0.2, 0.25) is 0 Å². The van der Waals surface area contributed by atoms with E-state index in [0.717, 1.165) is 51.2 Å². The van der Waals surface area contributed by atoms with Crippen molar-refractivity contribution in [3.05, 3.63) is 29.8 Å². The summed E-state index contributed by atoms with van der Waals surface area (Å²) in [6.07, 6.45) is 2.81. The van der Waals surface area contributed by atoms with Gasteiger partial charge in [-0.1, -0.05) is 12.1 Å². The van der Waals surface area contributed by atoms with E-state index in [1.807, 2.05) is 17.0 Å². The van der Waals surface area contributed by atoms with Crippen LogP contribution in [0.5, 0.6) is 5.75 Å². The first-order chi connectivity index (χ1) is 11.6. The van der Waals surface area contributed by atoms with Crippen molar-refractivity contribution in [1.82, 2.24) is 9.80 Å². The van der Waals surface area contributed by atoms with E-state index >= 15 is 0 Å². The van der Waals surface area contributed by atoms with Crippen LogP contribution in [0.15, 0.2) is 24.3 Å². The maximum Gasteiger partial charge on any atom is 0.225 e. The van der Waals surface area contributed by atoms with E-state index in [-0.39, 0.29) is 12.0 Å². The smallest absolute Gasteiger partial charge is 0.225 e. The number of nitrogens with two attached hydrogens (primary N) is 1. The summed E-state index contributed by atoms with van der Waals surface area (Å²) >= 11 is 0. The monoisotopic (exact) mass is 331 g/mol. The summed E-state index contributed by atoms with van der Waals surface area (Å²) in [4.78, 5) is 17.1. The minimum atomic E-state index is 0.155. The largest absolute Gasteiger partial charge is 0.497 e. The first kappa shape index (κ1) is 17.2. The Bertz CT molecular complexity index is 569. The fraction of sp³-hybridized carbons (Fsp3) is 0.632. The van der Waals surface area contributed by atoms with Gasteiger partial charge in [-0.25, -0.2) is 0 Å². The molecule has 1 aliphatic heterocycles. The molecule has 0 bridgehead atoms. The summed E-state index contributed by atoms with van der Waals surface area (Å²) in [6.45, 7) is 5.70. The van der Waals surface area contributed by atoms with Gasteiger partial charge in [0.25, 0.3) is 0 Å². The number of nitrogens with zero attached hydrogens (tertiary/aromatic N) is 2. The molecular formula is C19H29N3O2. The maximum atomic E-state index is 12.6. The van der Waals surface area contributed by atoms with E-state index in [9.17, 15) is 4.79 Å². The Morgan fingerprint density at radius 1 is 1.25 bits per heavy atom. The molecule has 2 aliphatic rings. The molecule has 1 saturated carbocycles. The highest BCUT2D eigenvalue weighted by Crippen LogP contribution is 2.28. The molecule has 3 rings (SSSR count). The molecule has 3 atom stereocenters. The van der Waals surface area contributed by atoms with Crippen molar-refractivity contribution in [2.24, 2.45) is 11.7 Å². The number of piperazine rings is 1. The van der Waals surface area contributed by atoms with Crippen molar-refractivity contribution in [3.63, 3.8) is 0 Å². The van der Waals surface area contributed by atoms with Gasteiger partial charge in [0.2, 0.25) is 5.91 Å². The third-order valence-electron chi connectivity index (χ3n) is 5.57. The van der Waals surface area contributed by atoms with E-state index in [0.29, 0.717) is 11.9 Å². The number of benzene rings is 1. The van der Waals surface area contributed by atoms with Crippen LogP contribution in [0, 0.1) is 5.92 Å². The van der Waals surface area contributed by atoms with Crippen LogP contribution in [0.3, 0.4) is 0 Å². The first-order valence-electron chi connectivity index (χ1n) is 9.01. The molecule has 2 fully saturated rings. The van der Waals surface area contributed by atoms with Gasteiger partial charge in [0, 0.05) is 44.2 Å². The second kappa shape index (κ2) is 7.53. The minimum absolute atomic E-state index is 0.155. The van der Waals surface area contributed by atoms with E-state index in [1.54, 1.807) is 7.11 Å². The standard InChI is InChI=1S/C19H29N3O2/c1-14(15-4-3-5-18(13-15)24-2)21-8-10-22(11-9-21)19(23)16-6-7-17(20)12-16/h3-5,13-14,16-17H,6-12,20H2,1-2H3. The maximum absolute atomic E-state index is 12.6. The van der Waals surface area contributed by atoms with Crippen LogP contribution in [-0.2, 0) is 4.79 Å². The number of rotatable bonds is 4. The molecule has 1 aromatic carbocycles. The molecule has 1 heterocycles. The average Bonchev–Trinajstić information content (AvgIpc) is 3.07. The summed E-state index contributed by atoms with van der Waals surface area (Å²) < 4.78 is 5.32. The van der Waals surface area contributed by atoms with Crippen LogP contribution in [0.4, 0.5) is 0 Å². The zero-order valence-corrected chi connectivity index (χ0v) is 14.8. The summed E-state index contributed by atoms with van der Waals surface area (Å²) in [6, 6.07) is 8.80. The Morgan fingerprint density at radius 3 is 2.62 bits per heavy atom. The van der Waals surface area contributed by atoms with Crippen molar-refractivity contribution in [2.45, 2.75) is 38.3 Å². The van der Waals surface area contributed by atoms with Crippen LogP contribution >= 0.6 is 0 Å². The number of amides is 1. The minimum Gasteiger partial charge on any atom is -0.497 e. The molecule has 5 nitrogen and oxygen atoms in total. The quantitative estimate of drug-likeness (QED) is 0.917. The van der Waals surface area contributed by atoms with Crippen LogP contribution in [0.1, 0.15) is 37.8 Å². The SMILES string of the molecule is COc1cccc(C(C)N2CCN(C(=O)C3CCC(N)C3)CC2)c1. The lowest BCUT2D eigenvalue weighted by Crippen LogP contribution is -2.50. The number of ether oxygens (including phenoxy) is 1. The van der Waals surface area contributed by atoms with Crippen molar-refractivity contribution in [1.29, 1.82) is 0 Å². The highest BCUT2D eigenvalue weighted by atomic mass is 16.5. The Kier molecular flexibility index (Phi) is 5.41. The molecule has 132 valence electrons. The second-order valence-corrected chi connectivity index (χ2v) is 7.08. The normalized spacial score (nSPS) is 26.4. The lowest BCUT2D eigenvalue weighted by molar-refractivity contribution is -0.137. The van der Waals surface area contributed by atoms with Crippen molar-refractivity contribution < 1.29 is 9.53 Å². The van der Waals surface area contributed by atoms with Gasteiger partial charge >= 0.3 is 0 Å². The molecule has 5 heteroatoms. The molecule has 0 aromatic heterocycles. The average molecular weight is 331 g/mol. The fourth-order valence-electron chi connectivity index (χ4n) is 3.94. The second-order valence-electron chi connectivity index (χ2n) is 7.08. The highest BCUT2D eigenvalue weighted by Gasteiger charge is 2.33. The van der Waals surface area contributed by atoms with Gasteiger partial charge in [0.1, 0.15) is 5.75 Å². The summed E-state index contributed by atoms with van der Waals surface area (Å²) in [5.41, 5.74) is 7.21. The first-order valence-corrected chi connectivity index (χ1v) is 9.01. The summed E-state index contributed by atoms with van der Waals surface area (Å²) in [5.74, 6) is 1.37. The number of carbonyl (C=O) groups is 1. The number of hydrogen-bond donors (Lipinski definition) is 1. The van der Waals surface area contributed by atoms with Gasteiger partial charge in [-0.3, -0.25) is 9.69 Å². The van der Waals surface area contributed by atoms with Crippen LogP contribution < -0.4 is 10.5 Å². The third-order valence-corrected chi connectivity index (χ3v) is 5.57. The zero-order chi connectivity index (χ0) is 17.1. The van der Waals surface area contributed by atoms with Crippen molar-refractivity contribution in [2.75, 3.05) is 33.3 Å². The van der Waals surface area contributed by atoms with Gasteiger partial charge in [-0.05, 0) is 43.9 Å². The summed E-state index contributed by atoms with van der Waals surface area (Å²) in [7, 11) is 1.70. The van der Waals surface area contributed by atoms with Gasteiger partial charge in [-0.2, -0.15) is 0 Å². The topological polar surface area (TPSA) is 58.8 Å². The van der Waals surface area contributed by atoms with Gasteiger partial charge in [-0.15, -0.1) is 0 Å². The Morgan fingerprint density at radius 2 is 2.00 bits per heavy atom. The Balaban J connectivity index is 1.55. The van der Waals surface area contributed by atoms with Crippen LogP contribution in [0.25, 0.3) is 0 Å². The number of hydrogen-bond acceptors (Lipinski definition) is 4. The lowest BCUT2D eigenvalue weighted by Gasteiger charge is -2.39. The molecule has 3 unspecified atom stereocenters. The molecule has 0 spiro atoms. The molecule has 24 heavy (non-hydrogen) atoms. The molecule has 2 N–H and O–H groups in total. The highest BCUT2D eigenvalue weighted by molar-refractivity contribution is 5.79. The van der Waals surface area contributed by atoms with E-state index in [2.05, 4.69) is 24.0 Å². The lowest BCUT2D eigenvalue weighted by atomic mass is 10.0. The molecule has 1 aliphatic carbocycles. The van der Waals surface area contributed by atoms with E-state index in [4.69, 9.17) is 10.5 Å². The Hall–Kier alpha value is -1.59. The molecule has 1 saturated heterocycles. The molecule has 1 amide bonds. The molecule has 1 aromatic rings. The van der Waals surface area contributed by atoms with Crippen LogP contribution in [-0.4, -0.2) is 55.0 Å². The number of methoxy groups -OCH3 is 1.